The second-order valence-electron chi connectivity index (χ2n) is 14.1. The van der Waals surface area contributed by atoms with E-state index in [1.807, 2.05) is 107 Å². The molecule has 5 nitrogen and oxygen atoms in total. The van der Waals surface area contributed by atoms with Gasteiger partial charge in [-0.05, 0) is 67.2 Å². The molecule has 0 aromatic heterocycles. The maximum atomic E-state index is 13.2. The fourth-order valence-corrected chi connectivity index (χ4v) is 5.39. The van der Waals surface area contributed by atoms with E-state index in [9.17, 15) is 19.7 Å². The average Bonchev–Trinajstić information content (AvgIpc) is 2.64. The largest absolute Gasteiger partial charge is 0.507 e. The Bertz CT molecular complexity index is 1080. The zero-order chi connectivity index (χ0) is 28.1. The molecule has 2 aromatic carbocycles. The summed E-state index contributed by atoms with van der Waals surface area (Å²) in [6.45, 7) is 24.2. The van der Waals surface area contributed by atoms with Gasteiger partial charge in [-0.1, -0.05) is 95.2 Å². The van der Waals surface area contributed by atoms with Crippen molar-refractivity contribution in [2.24, 2.45) is 0 Å². The lowest BCUT2D eigenvalue weighted by atomic mass is 9.78. The van der Waals surface area contributed by atoms with Gasteiger partial charge in [-0.2, -0.15) is 0 Å². The topological polar surface area (TPSA) is 87.0 Å². The first-order valence-corrected chi connectivity index (χ1v) is 14.4. The van der Waals surface area contributed by atoms with Gasteiger partial charge in [-0.3, -0.25) is 4.57 Å². The van der Waals surface area contributed by atoms with Crippen molar-refractivity contribution in [3.8, 4) is 11.5 Å². The van der Waals surface area contributed by atoms with Gasteiger partial charge in [0.15, 0.2) is 0 Å². The highest BCUT2D eigenvalue weighted by molar-refractivity contribution is 7.51. The number of benzene rings is 2. The highest BCUT2D eigenvalue weighted by Crippen LogP contribution is 2.49. The van der Waals surface area contributed by atoms with Crippen LogP contribution in [0.15, 0.2) is 24.3 Å². The Labute approximate surface area is 218 Å². The van der Waals surface area contributed by atoms with Crippen LogP contribution in [0.3, 0.4) is 0 Å². The number of hydrogen-bond acceptors (Lipinski definition) is 4. The van der Waals surface area contributed by atoms with Gasteiger partial charge in [0.1, 0.15) is 11.5 Å². The average molecular weight is 519 g/mol. The summed E-state index contributed by atoms with van der Waals surface area (Å²) < 4.78 is 18.9. The Morgan fingerprint density at radius 3 is 1.17 bits per heavy atom. The molecule has 0 radical (unpaired) electrons. The van der Waals surface area contributed by atoms with Crippen LogP contribution in [0.1, 0.15) is 116 Å². The fourth-order valence-electron chi connectivity index (χ4n) is 4.30. The molecule has 0 saturated heterocycles. The normalized spacial score (nSPS) is 15.1. The summed E-state index contributed by atoms with van der Waals surface area (Å²) in [4.78, 5) is 10.8. The second kappa shape index (κ2) is 9.82. The Balaban J connectivity index is 2.43. The van der Waals surface area contributed by atoms with Crippen molar-refractivity contribution in [1.29, 1.82) is 0 Å². The predicted molar refractivity (Wildman–Crippen MR) is 149 cm³/mol. The SMILES string of the molecule is CC(C)(C)c1cc(COP(=O)(O)Cc2cc(C(C)(C)C)c(O)c(C(C)(C)C)c2)cc(C(C)(C)C)c1O. The van der Waals surface area contributed by atoms with E-state index in [2.05, 4.69) is 0 Å². The minimum absolute atomic E-state index is 0.0451. The van der Waals surface area contributed by atoms with Crippen molar-refractivity contribution >= 4 is 7.60 Å². The zero-order valence-electron chi connectivity index (χ0n) is 24.3. The van der Waals surface area contributed by atoms with Gasteiger partial charge in [-0.25, -0.2) is 0 Å². The van der Waals surface area contributed by atoms with Crippen LogP contribution >= 0.6 is 7.60 Å². The minimum Gasteiger partial charge on any atom is -0.507 e. The lowest BCUT2D eigenvalue weighted by molar-refractivity contribution is 0.248. The summed E-state index contributed by atoms with van der Waals surface area (Å²) >= 11 is 0. The molecule has 2 aromatic rings. The molecule has 202 valence electrons. The molecule has 0 aliphatic heterocycles. The van der Waals surface area contributed by atoms with Crippen LogP contribution in [0.4, 0.5) is 0 Å². The van der Waals surface area contributed by atoms with Gasteiger partial charge in [0, 0.05) is 0 Å². The molecule has 0 saturated carbocycles. The third-order valence-corrected chi connectivity index (χ3v) is 7.68. The van der Waals surface area contributed by atoms with E-state index in [1.54, 1.807) is 0 Å². The first-order valence-electron chi connectivity index (χ1n) is 12.6. The van der Waals surface area contributed by atoms with Gasteiger partial charge in [-0.15, -0.1) is 0 Å². The maximum Gasteiger partial charge on any atom is 0.332 e. The molecule has 36 heavy (non-hydrogen) atoms. The predicted octanol–water partition coefficient (Wildman–Crippen LogP) is 8.19. The van der Waals surface area contributed by atoms with E-state index in [0.717, 1.165) is 27.8 Å². The summed E-state index contributed by atoms with van der Waals surface area (Å²) in [5.74, 6) is 0.500. The van der Waals surface area contributed by atoms with Crippen LogP contribution < -0.4 is 0 Å². The van der Waals surface area contributed by atoms with Crippen molar-refractivity contribution < 1.29 is 24.2 Å². The van der Waals surface area contributed by atoms with Crippen molar-refractivity contribution in [2.75, 3.05) is 0 Å². The van der Waals surface area contributed by atoms with Gasteiger partial charge < -0.3 is 19.6 Å². The Kier molecular flexibility index (Phi) is 8.29. The Hall–Kier alpha value is -1.81. The smallest absolute Gasteiger partial charge is 0.332 e. The lowest BCUT2D eigenvalue weighted by Gasteiger charge is -2.29. The standard InChI is InChI=1S/C30H47O5P/c1-27(2,3)21-13-19(14-22(25(21)31)28(4,5)6)17-35-36(33,34)18-20-15-23(29(7,8)9)26(32)24(16-20)30(10,11)12/h13-16,31-32H,17-18H2,1-12H3,(H,33,34). The zero-order valence-corrected chi connectivity index (χ0v) is 25.2. The first-order chi connectivity index (χ1) is 15.9. The fraction of sp³-hybridized carbons (Fsp3) is 0.600. The number of phenolic OH excluding ortho intramolecular Hbond substituents is 2. The van der Waals surface area contributed by atoms with Crippen LogP contribution in [-0.2, 0) is 43.5 Å². The van der Waals surface area contributed by atoms with Gasteiger partial charge in [0.05, 0.1) is 12.8 Å². The number of aromatic hydroxyl groups is 2. The van der Waals surface area contributed by atoms with E-state index in [1.165, 1.54) is 0 Å². The summed E-state index contributed by atoms with van der Waals surface area (Å²) in [7, 11) is -4.01. The third kappa shape index (κ3) is 7.37. The summed E-state index contributed by atoms with van der Waals surface area (Å²) in [6.07, 6.45) is -0.157. The van der Waals surface area contributed by atoms with Crippen molar-refractivity contribution in [3.05, 3.63) is 57.6 Å². The lowest BCUT2D eigenvalue weighted by Crippen LogP contribution is -2.18. The minimum atomic E-state index is -4.01. The molecular weight excluding hydrogens is 471 g/mol. The second-order valence-corrected chi connectivity index (χ2v) is 16.0. The highest BCUT2D eigenvalue weighted by atomic mass is 31.2. The van der Waals surface area contributed by atoms with Crippen LogP contribution in [0, 0.1) is 0 Å². The maximum absolute atomic E-state index is 13.2. The van der Waals surface area contributed by atoms with Crippen molar-refractivity contribution in [2.45, 2.75) is 118 Å². The molecule has 0 heterocycles. The van der Waals surface area contributed by atoms with Crippen molar-refractivity contribution in [1.82, 2.24) is 0 Å². The third-order valence-electron chi connectivity index (χ3n) is 6.39. The van der Waals surface area contributed by atoms with Crippen LogP contribution in [-0.4, -0.2) is 15.1 Å². The van der Waals surface area contributed by atoms with E-state index in [-0.39, 0.29) is 45.9 Å². The summed E-state index contributed by atoms with van der Waals surface area (Å²) in [6, 6.07) is 7.35. The molecule has 3 N–H and O–H groups in total. The van der Waals surface area contributed by atoms with Crippen LogP contribution in [0.25, 0.3) is 0 Å². The summed E-state index contributed by atoms with van der Waals surface area (Å²) in [5.41, 5.74) is 3.18. The van der Waals surface area contributed by atoms with Gasteiger partial charge in [0.2, 0.25) is 0 Å². The molecule has 0 aliphatic carbocycles. The first kappa shape index (κ1) is 30.4. The van der Waals surface area contributed by atoms with E-state index >= 15 is 0 Å². The number of hydrogen-bond donors (Lipinski definition) is 3. The summed E-state index contributed by atoms with van der Waals surface area (Å²) in [5, 5.41) is 21.9. The van der Waals surface area contributed by atoms with E-state index in [4.69, 9.17) is 4.52 Å². The molecule has 0 aliphatic rings. The quantitative estimate of drug-likeness (QED) is 0.347. The Morgan fingerprint density at radius 1 is 0.611 bits per heavy atom. The molecular formula is C30H47O5P. The molecule has 2 rings (SSSR count). The monoisotopic (exact) mass is 518 g/mol. The number of rotatable bonds is 5. The number of phenols is 2. The van der Waals surface area contributed by atoms with Gasteiger partial charge >= 0.3 is 7.60 Å². The molecule has 0 fully saturated rings. The molecule has 1 atom stereocenters. The molecule has 6 heteroatoms. The van der Waals surface area contributed by atoms with Crippen molar-refractivity contribution in [3.63, 3.8) is 0 Å². The molecule has 0 spiro atoms. The van der Waals surface area contributed by atoms with Crippen LogP contribution in [0.2, 0.25) is 0 Å². The van der Waals surface area contributed by atoms with Crippen LogP contribution in [0.5, 0.6) is 11.5 Å². The molecule has 0 bridgehead atoms. The van der Waals surface area contributed by atoms with E-state index < -0.39 is 7.60 Å². The highest BCUT2D eigenvalue weighted by Gasteiger charge is 2.30. The van der Waals surface area contributed by atoms with E-state index in [0.29, 0.717) is 5.56 Å². The molecule has 1 unspecified atom stereocenters. The van der Waals surface area contributed by atoms with Gasteiger partial charge in [0.25, 0.3) is 0 Å². The Morgan fingerprint density at radius 2 is 0.889 bits per heavy atom. The molecule has 0 amide bonds.